The summed E-state index contributed by atoms with van der Waals surface area (Å²) in [7, 11) is 0. The van der Waals surface area contributed by atoms with Gasteiger partial charge in [-0.25, -0.2) is 4.79 Å². The highest BCUT2D eigenvalue weighted by Gasteiger charge is 2.52. The van der Waals surface area contributed by atoms with Gasteiger partial charge in [0.15, 0.2) is 0 Å². The molecule has 0 unspecified atom stereocenters. The number of rotatable bonds is 4. The van der Waals surface area contributed by atoms with Crippen LogP contribution in [0.3, 0.4) is 0 Å². The molecule has 0 bridgehead atoms. The lowest BCUT2D eigenvalue weighted by Gasteiger charge is -2.24. The lowest BCUT2D eigenvalue weighted by Crippen LogP contribution is -2.46. The minimum atomic E-state index is -5.08. The molecular formula is C15H19F3N2O4S. The molecule has 10 heteroatoms. The molecule has 2 fully saturated rings. The number of amides is 1. The molecule has 2 aliphatic heterocycles. The van der Waals surface area contributed by atoms with Crippen molar-refractivity contribution in [2.75, 3.05) is 32.8 Å². The fourth-order valence-corrected chi connectivity index (χ4v) is 3.55. The molecule has 2 atom stereocenters. The van der Waals surface area contributed by atoms with E-state index in [1.807, 2.05) is 6.07 Å². The third-order valence-corrected chi connectivity index (χ3v) is 5.16. The normalized spacial score (nSPS) is 25.0. The molecule has 25 heavy (non-hydrogen) atoms. The van der Waals surface area contributed by atoms with E-state index in [0.717, 1.165) is 19.5 Å². The number of carbonyl (C=O) groups is 2. The number of aliphatic carboxylic acids is 1. The minimum Gasteiger partial charge on any atom is -0.475 e. The van der Waals surface area contributed by atoms with E-state index in [1.165, 1.54) is 4.88 Å². The molecular weight excluding hydrogens is 361 g/mol. The highest BCUT2D eigenvalue weighted by atomic mass is 32.1. The molecule has 0 spiro atoms. The largest absolute Gasteiger partial charge is 0.490 e. The maximum absolute atomic E-state index is 12.3. The molecule has 0 aliphatic carbocycles. The molecule has 2 saturated heterocycles. The Morgan fingerprint density at radius 1 is 1.48 bits per heavy atom. The standard InChI is InChI=1S/C13H18N2O2S.C2HF3O2/c16-12(15-4-3-11-2-1-5-18-11)13-8-14-6-10(13)7-17-9-13;3-2(4,5)1(6)7/h1-2,5,10,14H,3-4,6-9H2,(H,15,16);(H,6,7)/t10-,13-;/m1./s1. The van der Waals surface area contributed by atoms with Crippen LogP contribution in [0.1, 0.15) is 4.88 Å². The van der Waals surface area contributed by atoms with Gasteiger partial charge in [0.25, 0.3) is 0 Å². The van der Waals surface area contributed by atoms with Crippen molar-refractivity contribution in [2.24, 2.45) is 11.3 Å². The summed E-state index contributed by atoms with van der Waals surface area (Å²) in [5.74, 6) is -2.25. The van der Waals surface area contributed by atoms with Gasteiger partial charge in [0.05, 0.1) is 18.6 Å². The first-order valence-electron chi connectivity index (χ1n) is 7.65. The van der Waals surface area contributed by atoms with Crippen LogP contribution in [0, 0.1) is 11.3 Å². The van der Waals surface area contributed by atoms with Crippen LogP contribution in [0.2, 0.25) is 0 Å². The number of carbonyl (C=O) groups excluding carboxylic acids is 1. The van der Waals surface area contributed by atoms with Crippen LogP contribution in [-0.2, 0) is 20.7 Å². The highest BCUT2D eigenvalue weighted by Crippen LogP contribution is 2.37. The number of carboxylic acid groups (broad SMARTS) is 1. The predicted molar refractivity (Wildman–Crippen MR) is 84.3 cm³/mol. The minimum absolute atomic E-state index is 0.159. The molecule has 0 radical (unpaired) electrons. The van der Waals surface area contributed by atoms with Crippen LogP contribution in [0.4, 0.5) is 13.2 Å². The average molecular weight is 380 g/mol. The van der Waals surface area contributed by atoms with Crippen molar-refractivity contribution in [1.82, 2.24) is 10.6 Å². The summed E-state index contributed by atoms with van der Waals surface area (Å²) < 4.78 is 37.2. The van der Waals surface area contributed by atoms with E-state index in [4.69, 9.17) is 14.6 Å². The molecule has 3 rings (SSSR count). The number of fused-ring (bicyclic) bond motifs is 1. The summed E-state index contributed by atoms with van der Waals surface area (Å²) in [6, 6.07) is 4.15. The van der Waals surface area contributed by atoms with Gasteiger partial charge >= 0.3 is 12.1 Å². The van der Waals surface area contributed by atoms with Gasteiger partial charge in [-0.15, -0.1) is 11.3 Å². The van der Waals surface area contributed by atoms with E-state index in [1.54, 1.807) is 11.3 Å². The van der Waals surface area contributed by atoms with E-state index in [9.17, 15) is 18.0 Å². The molecule has 3 heterocycles. The second-order valence-electron chi connectivity index (χ2n) is 5.89. The summed E-state index contributed by atoms with van der Waals surface area (Å²) in [4.78, 5) is 22.6. The van der Waals surface area contributed by atoms with Gasteiger partial charge in [-0.05, 0) is 17.9 Å². The average Bonchev–Trinajstić information content (AvgIpc) is 3.23. The van der Waals surface area contributed by atoms with Crippen molar-refractivity contribution in [2.45, 2.75) is 12.6 Å². The van der Waals surface area contributed by atoms with Crippen molar-refractivity contribution in [3.05, 3.63) is 22.4 Å². The summed E-state index contributed by atoms with van der Waals surface area (Å²) in [5, 5.41) is 15.6. The molecule has 0 aromatic carbocycles. The second kappa shape index (κ2) is 8.15. The SMILES string of the molecule is O=C(NCCc1cccs1)[C@@]12CNC[C@@H]1COC2.O=C(O)C(F)(F)F. The Hall–Kier alpha value is -1.65. The zero-order chi connectivity index (χ0) is 18.5. The topological polar surface area (TPSA) is 87.7 Å². The van der Waals surface area contributed by atoms with Gasteiger partial charge in [0.2, 0.25) is 5.91 Å². The van der Waals surface area contributed by atoms with Gasteiger partial charge in [-0.3, -0.25) is 4.79 Å². The zero-order valence-corrected chi connectivity index (χ0v) is 14.1. The number of carboxylic acids is 1. The summed E-state index contributed by atoms with van der Waals surface area (Å²) in [6.45, 7) is 3.65. The third-order valence-electron chi connectivity index (χ3n) is 4.22. The number of alkyl halides is 3. The van der Waals surface area contributed by atoms with Crippen LogP contribution in [0.25, 0.3) is 0 Å². The number of hydrogen-bond acceptors (Lipinski definition) is 5. The van der Waals surface area contributed by atoms with E-state index < -0.39 is 12.1 Å². The third kappa shape index (κ3) is 4.93. The maximum Gasteiger partial charge on any atom is 0.490 e. The number of hydrogen-bond donors (Lipinski definition) is 3. The predicted octanol–water partition coefficient (Wildman–Crippen LogP) is 1.28. The number of halogens is 3. The Morgan fingerprint density at radius 2 is 2.20 bits per heavy atom. The van der Waals surface area contributed by atoms with Crippen molar-refractivity contribution < 1.29 is 32.6 Å². The molecule has 1 amide bonds. The first-order valence-corrected chi connectivity index (χ1v) is 8.53. The lowest BCUT2D eigenvalue weighted by molar-refractivity contribution is -0.192. The van der Waals surface area contributed by atoms with Crippen molar-refractivity contribution in [3.8, 4) is 0 Å². The molecule has 140 valence electrons. The van der Waals surface area contributed by atoms with Crippen LogP contribution in [0.15, 0.2) is 17.5 Å². The van der Waals surface area contributed by atoms with Gasteiger partial charge in [0.1, 0.15) is 0 Å². The summed E-state index contributed by atoms with van der Waals surface area (Å²) in [6.07, 6.45) is -4.17. The van der Waals surface area contributed by atoms with Crippen molar-refractivity contribution in [3.63, 3.8) is 0 Å². The number of nitrogens with one attached hydrogen (secondary N) is 2. The Bertz CT molecular complexity index is 582. The quantitative estimate of drug-likeness (QED) is 0.732. The monoisotopic (exact) mass is 380 g/mol. The smallest absolute Gasteiger partial charge is 0.475 e. The lowest BCUT2D eigenvalue weighted by atomic mass is 9.80. The molecule has 1 aromatic heterocycles. The van der Waals surface area contributed by atoms with Gasteiger partial charge < -0.3 is 20.5 Å². The van der Waals surface area contributed by atoms with Crippen LogP contribution < -0.4 is 10.6 Å². The van der Waals surface area contributed by atoms with E-state index >= 15 is 0 Å². The van der Waals surface area contributed by atoms with Gasteiger partial charge in [-0.2, -0.15) is 13.2 Å². The summed E-state index contributed by atoms with van der Waals surface area (Å²) >= 11 is 1.74. The first-order chi connectivity index (χ1) is 11.8. The van der Waals surface area contributed by atoms with Gasteiger partial charge in [-0.1, -0.05) is 6.07 Å². The van der Waals surface area contributed by atoms with Crippen molar-refractivity contribution >= 4 is 23.2 Å². The van der Waals surface area contributed by atoms with Crippen LogP contribution >= 0.6 is 11.3 Å². The Balaban J connectivity index is 0.000000277. The molecule has 0 saturated carbocycles. The van der Waals surface area contributed by atoms with E-state index in [-0.39, 0.29) is 11.3 Å². The van der Waals surface area contributed by atoms with E-state index in [0.29, 0.717) is 25.7 Å². The molecule has 2 aliphatic rings. The first kappa shape index (κ1) is 19.7. The Kier molecular flexibility index (Phi) is 6.42. The Morgan fingerprint density at radius 3 is 2.80 bits per heavy atom. The van der Waals surface area contributed by atoms with E-state index in [2.05, 4.69) is 22.1 Å². The maximum atomic E-state index is 12.3. The number of thiophene rings is 1. The fraction of sp³-hybridized carbons (Fsp3) is 0.600. The van der Waals surface area contributed by atoms with Crippen molar-refractivity contribution in [1.29, 1.82) is 0 Å². The highest BCUT2D eigenvalue weighted by molar-refractivity contribution is 7.09. The summed E-state index contributed by atoms with van der Waals surface area (Å²) in [5.41, 5.74) is -0.310. The second-order valence-corrected chi connectivity index (χ2v) is 6.92. The fourth-order valence-electron chi connectivity index (χ4n) is 2.84. The molecule has 6 nitrogen and oxygen atoms in total. The Labute approximate surface area is 146 Å². The molecule has 1 aromatic rings. The van der Waals surface area contributed by atoms with Crippen LogP contribution in [0.5, 0.6) is 0 Å². The molecule has 3 N–H and O–H groups in total. The van der Waals surface area contributed by atoms with Gasteiger partial charge in [0, 0.05) is 30.4 Å². The zero-order valence-electron chi connectivity index (χ0n) is 13.3. The number of ether oxygens (including phenoxy) is 1. The van der Waals surface area contributed by atoms with Crippen LogP contribution in [-0.4, -0.2) is 56.0 Å².